The molecule has 156 valence electrons. The quantitative estimate of drug-likeness (QED) is 0.513. The summed E-state index contributed by atoms with van der Waals surface area (Å²) in [4.78, 5) is 19.9. The van der Waals surface area contributed by atoms with Crippen LogP contribution in [0.3, 0.4) is 0 Å². The van der Waals surface area contributed by atoms with E-state index in [4.69, 9.17) is 23.2 Å². The van der Waals surface area contributed by atoms with Crippen molar-refractivity contribution < 1.29 is 4.79 Å². The number of fused-ring (bicyclic) bond motifs is 1. The Labute approximate surface area is 191 Å². The first-order chi connectivity index (χ1) is 14.2. The fourth-order valence-electron chi connectivity index (χ4n) is 4.01. The van der Waals surface area contributed by atoms with E-state index in [2.05, 4.69) is 61.2 Å². The van der Waals surface area contributed by atoms with Crippen molar-refractivity contribution in [2.24, 2.45) is 4.99 Å². The Morgan fingerprint density at radius 3 is 2.80 bits per heavy atom. The lowest BCUT2D eigenvalue weighted by molar-refractivity contribution is -0.115. The first kappa shape index (κ1) is 21.3. The van der Waals surface area contributed by atoms with Crippen LogP contribution in [0.15, 0.2) is 46.3 Å². The number of nitrogens with zero attached hydrogens (tertiary/aromatic N) is 2. The summed E-state index contributed by atoms with van der Waals surface area (Å²) in [6, 6.07) is 11.6. The molecular formula is C23H23Cl2N3OS. The molecule has 1 amide bonds. The van der Waals surface area contributed by atoms with Crippen LogP contribution >= 0.6 is 35.0 Å². The van der Waals surface area contributed by atoms with Crippen molar-refractivity contribution in [1.29, 1.82) is 0 Å². The summed E-state index contributed by atoms with van der Waals surface area (Å²) in [7, 11) is 2.15. The molecule has 1 N–H and O–H groups in total. The number of hydrogen-bond donors (Lipinski definition) is 1. The highest BCUT2D eigenvalue weighted by Gasteiger charge is 2.34. The third kappa shape index (κ3) is 3.98. The van der Waals surface area contributed by atoms with Gasteiger partial charge < -0.3 is 10.2 Å². The lowest BCUT2D eigenvalue weighted by Gasteiger charge is -2.45. The Morgan fingerprint density at radius 2 is 2.03 bits per heavy atom. The predicted octanol–water partition coefficient (Wildman–Crippen LogP) is 6.61. The van der Waals surface area contributed by atoms with Gasteiger partial charge >= 0.3 is 0 Å². The minimum atomic E-state index is -0.166. The van der Waals surface area contributed by atoms with E-state index in [9.17, 15) is 4.79 Å². The average Bonchev–Trinajstić information content (AvgIpc) is 3.02. The van der Waals surface area contributed by atoms with Gasteiger partial charge in [-0.3, -0.25) is 4.79 Å². The van der Waals surface area contributed by atoms with Gasteiger partial charge in [-0.05, 0) is 79.4 Å². The molecule has 1 saturated heterocycles. The molecule has 7 heteroatoms. The van der Waals surface area contributed by atoms with E-state index in [0.717, 1.165) is 12.0 Å². The number of hydrogen-bond acceptors (Lipinski definition) is 4. The normalized spacial score (nSPS) is 23.1. The van der Waals surface area contributed by atoms with Crippen LogP contribution in [0.25, 0.3) is 6.08 Å². The number of amides is 1. The summed E-state index contributed by atoms with van der Waals surface area (Å²) in [6.45, 7) is 6.81. The molecule has 2 heterocycles. The second-order valence-corrected chi connectivity index (χ2v) is 10.2. The molecule has 2 aliphatic rings. The molecular weight excluding hydrogens is 437 g/mol. The number of rotatable bonds is 2. The first-order valence-corrected chi connectivity index (χ1v) is 11.3. The molecule has 30 heavy (non-hydrogen) atoms. The maximum atomic E-state index is 12.5. The predicted molar refractivity (Wildman–Crippen MR) is 129 cm³/mol. The molecule has 0 bridgehead atoms. The largest absolute Gasteiger partial charge is 0.369 e. The van der Waals surface area contributed by atoms with E-state index in [1.54, 1.807) is 18.2 Å². The molecule has 0 radical (unpaired) electrons. The van der Waals surface area contributed by atoms with E-state index < -0.39 is 0 Å². The molecule has 2 aromatic carbocycles. The van der Waals surface area contributed by atoms with Gasteiger partial charge in [0.25, 0.3) is 5.91 Å². The SMILES string of the molecule is C[C@H]1CC(C)(C)N(C)c2ccc(/C=C3\SC(=Nc4cccc(Cl)c4Cl)NC3=O)cc21. The molecule has 1 atom stereocenters. The van der Waals surface area contributed by atoms with Crippen LogP contribution in [-0.2, 0) is 4.79 Å². The van der Waals surface area contributed by atoms with E-state index >= 15 is 0 Å². The molecule has 0 unspecified atom stereocenters. The molecule has 1 fully saturated rings. The Hall–Kier alpha value is -1.95. The van der Waals surface area contributed by atoms with E-state index in [-0.39, 0.29) is 11.4 Å². The maximum Gasteiger partial charge on any atom is 0.264 e. The molecule has 0 aromatic heterocycles. The van der Waals surface area contributed by atoms with Gasteiger partial charge in [0, 0.05) is 18.3 Å². The second kappa shape index (κ2) is 7.95. The minimum absolute atomic E-state index is 0.126. The molecule has 0 saturated carbocycles. The Morgan fingerprint density at radius 1 is 1.27 bits per heavy atom. The van der Waals surface area contributed by atoms with Gasteiger partial charge in [-0.1, -0.05) is 42.3 Å². The lowest BCUT2D eigenvalue weighted by atomic mass is 9.80. The zero-order chi connectivity index (χ0) is 21.6. The van der Waals surface area contributed by atoms with Gasteiger partial charge in [0.15, 0.2) is 5.17 Å². The summed E-state index contributed by atoms with van der Waals surface area (Å²) in [5.41, 5.74) is 4.23. The summed E-state index contributed by atoms with van der Waals surface area (Å²) in [5.74, 6) is 0.289. The number of benzene rings is 2. The van der Waals surface area contributed by atoms with Crippen LogP contribution in [0.5, 0.6) is 0 Å². The number of thioether (sulfide) groups is 1. The maximum absolute atomic E-state index is 12.5. The van der Waals surface area contributed by atoms with Gasteiger partial charge in [0.1, 0.15) is 0 Å². The van der Waals surface area contributed by atoms with E-state index in [1.165, 1.54) is 23.0 Å². The van der Waals surface area contributed by atoms with Gasteiger partial charge in [-0.25, -0.2) is 4.99 Å². The number of amidine groups is 1. The van der Waals surface area contributed by atoms with Crippen LogP contribution in [0.1, 0.15) is 44.2 Å². The monoisotopic (exact) mass is 459 g/mol. The molecule has 2 aliphatic heterocycles. The Kier molecular flexibility index (Phi) is 5.64. The number of nitrogens with one attached hydrogen (secondary N) is 1. The van der Waals surface area contributed by atoms with Crippen molar-refractivity contribution in [3.05, 3.63) is 62.5 Å². The molecule has 2 aromatic rings. The summed E-state index contributed by atoms with van der Waals surface area (Å²) >= 11 is 13.6. The minimum Gasteiger partial charge on any atom is -0.369 e. The van der Waals surface area contributed by atoms with Gasteiger partial charge in [-0.15, -0.1) is 0 Å². The first-order valence-electron chi connectivity index (χ1n) is 9.77. The molecule has 0 spiro atoms. The highest BCUT2D eigenvalue weighted by Crippen LogP contribution is 2.43. The average molecular weight is 460 g/mol. The number of anilines is 1. The van der Waals surface area contributed by atoms with E-state index in [1.807, 2.05) is 6.08 Å². The third-order valence-corrected chi connectivity index (χ3v) is 7.48. The van der Waals surface area contributed by atoms with Crippen molar-refractivity contribution >= 4 is 63.5 Å². The molecule has 4 rings (SSSR count). The number of carbonyl (C=O) groups is 1. The van der Waals surface area contributed by atoms with Gasteiger partial charge in [0.05, 0.1) is 20.6 Å². The van der Waals surface area contributed by atoms with Crippen LogP contribution in [0, 0.1) is 0 Å². The number of aliphatic imine (C=N–C) groups is 1. The van der Waals surface area contributed by atoms with E-state index in [0.29, 0.717) is 31.7 Å². The Bertz CT molecular complexity index is 1090. The fraction of sp³-hybridized carbons (Fsp3) is 0.304. The smallest absolute Gasteiger partial charge is 0.264 e. The van der Waals surface area contributed by atoms with Crippen LogP contribution in [-0.4, -0.2) is 23.7 Å². The Balaban J connectivity index is 1.62. The fourth-order valence-corrected chi connectivity index (χ4v) is 5.18. The summed E-state index contributed by atoms with van der Waals surface area (Å²) in [6.07, 6.45) is 3.00. The topological polar surface area (TPSA) is 44.7 Å². The molecule has 0 aliphatic carbocycles. The van der Waals surface area contributed by atoms with Crippen molar-refractivity contribution in [3.8, 4) is 0 Å². The van der Waals surface area contributed by atoms with Crippen molar-refractivity contribution in [2.75, 3.05) is 11.9 Å². The number of halogens is 2. The highest BCUT2D eigenvalue weighted by molar-refractivity contribution is 8.18. The summed E-state index contributed by atoms with van der Waals surface area (Å²) < 4.78 is 0. The zero-order valence-corrected chi connectivity index (χ0v) is 19.6. The molecule has 4 nitrogen and oxygen atoms in total. The number of carbonyl (C=O) groups excluding carboxylic acids is 1. The van der Waals surface area contributed by atoms with Crippen molar-refractivity contribution in [3.63, 3.8) is 0 Å². The second-order valence-electron chi connectivity index (χ2n) is 8.35. The lowest BCUT2D eigenvalue weighted by Crippen LogP contribution is -2.45. The van der Waals surface area contributed by atoms with Crippen molar-refractivity contribution in [2.45, 2.75) is 38.6 Å². The van der Waals surface area contributed by atoms with Gasteiger partial charge in [0.2, 0.25) is 0 Å². The third-order valence-electron chi connectivity index (χ3n) is 5.76. The zero-order valence-electron chi connectivity index (χ0n) is 17.3. The highest BCUT2D eigenvalue weighted by atomic mass is 35.5. The van der Waals surface area contributed by atoms with Crippen LogP contribution in [0.4, 0.5) is 11.4 Å². The summed E-state index contributed by atoms with van der Waals surface area (Å²) in [5, 5.41) is 4.09. The van der Waals surface area contributed by atoms with Crippen molar-refractivity contribution in [1.82, 2.24) is 5.32 Å². The standard InChI is InChI=1S/C23H23Cl2N3OS/c1-13-12-23(2,3)28(4)18-9-8-14(10-15(13)18)11-19-21(29)27-22(30-19)26-17-7-5-6-16(24)20(17)25/h5-11,13H,12H2,1-4H3,(H,26,27,29)/b19-11-/t13-/m0/s1. The van der Waals surface area contributed by atoms with Crippen LogP contribution in [0.2, 0.25) is 10.0 Å². The van der Waals surface area contributed by atoms with Crippen LogP contribution < -0.4 is 10.2 Å². The van der Waals surface area contributed by atoms with Gasteiger partial charge in [-0.2, -0.15) is 0 Å².